The number of hydrogen-bond acceptors (Lipinski definition) is 4. The lowest BCUT2D eigenvalue weighted by Crippen LogP contribution is -2.17. The van der Waals surface area contributed by atoms with Crippen LogP contribution in [0.1, 0.15) is 10.4 Å². The van der Waals surface area contributed by atoms with Gasteiger partial charge in [0.25, 0.3) is 0 Å². The van der Waals surface area contributed by atoms with E-state index in [2.05, 4.69) is 21.5 Å². The molecule has 0 bridgehead atoms. The van der Waals surface area contributed by atoms with E-state index in [1.165, 1.54) is 4.88 Å². The summed E-state index contributed by atoms with van der Waals surface area (Å²) in [6, 6.07) is 11.8. The van der Waals surface area contributed by atoms with Crippen LogP contribution in [0, 0.1) is 0 Å². The maximum absolute atomic E-state index is 8.68. The quantitative estimate of drug-likeness (QED) is 0.385. The van der Waals surface area contributed by atoms with Gasteiger partial charge in [0.2, 0.25) is 0 Å². The average Bonchev–Trinajstić information content (AvgIpc) is 2.90. The highest BCUT2D eigenvalue weighted by atomic mass is 32.1. The first-order valence-corrected chi connectivity index (χ1v) is 6.40. The molecule has 3 N–H and O–H groups in total. The van der Waals surface area contributed by atoms with Crippen molar-refractivity contribution in [2.45, 2.75) is 6.54 Å². The topological polar surface area (TPSA) is 61.8 Å². The molecular formula is C13H15N3OS. The van der Waals surface area contributed by atoms with Crippen LogP contribution >= 0.6 is 11.3 Å². The molecule has 1 heterocycles. The third-order valence-corrected chi connectivity index (χ3v) is 3.52. The second-order valence-electron chi connectivity index (χ2n) is 3.97. The van der Waals surface area contributed by atoms with E-state index in [1.54, 1.807) is 11.3 Å². The first kappa shape index (κ1) is 12.4. The smallest absolute Gasteiger partial charge is 0.170 e. The number of anilines is 1. The minimum atomic E-state index is 0.126. The van der Waals surface area contributed by atoms with Crippen molar-refractivity contribution in [1.82, 2.24) is 0 Å². The summed E-state index contributed by atoms with van der Waals surface area (Å²) in [5.41, 5.74) is 7.33. The molecule has 0 atom stereocenters. The molecule has 0 unspecified atom stereocenters. The number of amidine groups is 1. The van der Waals surface area contributed by atoms with Gasteiger partial charge in [-0.2, -0.15) is 0 Å². The summed E-state index contributed by atoms with van der Waals surface area (Å²) in [7, 11) is 2.02. The third kappa shape index (κ3) is 2.81. The van der Waals surface area contributed by atoms with Gasteiger partial charge in [0.1, 0.15) is 0 Å². The Morgan fingerprint density at radius 3 is 2.89 bits per heavy atom. The molecule has 2 rings (SSSR count). The Bertz CT molecular complexity index is 537. The molecule has 0 spiro atoms. The van der Waals surface area contributed by atoms with Crippen molar-refractivity contribution in [2.24, 2.45) is 10.9 Å². The predicted molar refractivity (Wildman–Crippen MR) is 75.4 cm³/mol. The summed E-state index contributed by atoms with van der Waals surface area (Å²) < 4.78 is 0. The van der Waals surface area contributed by atoms with Crippen LogP contribution in [0.5, 0.6) is 0 Å². The standard InChI is InChI=1S/C13H15N3OS/c1-16(9-12-6-3-7-18-12)11-5-2-4-10(8-11)13(14)15-17/h2-8,17H,9H2,1H3,(H2,14,15). The molecule has 18 heavy (non-hydrogen) atoms. The van der Waals surface area contributed by atoms with E-state index in [0.29, 0.717) is 5.56 Å². The Balaban J connectivity index is 2.17. The first-order valence-electron chi connectivity index (χ1n) is 5.52. The number of nitrogens with zero attached hydrogens (tertiary/aromatic N) is 2. The van der Waals surface area contributed by atoms with Gasteiger partial charge in [-0.05, 0) is 23.6 Å². The Hall–Kier alpha value is -2.01. The van der Waals surface area contributed by atoms with Gasteiger partial charge in [-0.15, -0.1) is 11.3 Å². The van der Waals surface area contributed by atoms with Gasteiger partial charge in [-0.3, -0.25) is 0 Å². The highest BCUT2D eigenvalue weighted by Gasteiger charge is 2.05. The van der Waals surface area contributed by atoms with E-state index in [-0.39, 0.29) is 5.84 Å². The summed E-state index contributed by atoms with van der Waals surface area (Å²) in [6.45, 7) is 0.845. The van der Waals surface area contributed by atoms with E-state index >= 15 is 0 Å². The molecule has 2 aromatic rings. The number of benzene rings is 1. The molecular weight excluding hydrogens is 246 g/mol. The molecule has 94 valence electrons. The summed E-state index contributed by atoms with van der Waals surface area (Å²) in [5, 5.41) is 13.8. The van der Waals surface area contributed by atoms with Crippen molar-refractivity contribution >= 4 is 22.9 Å². The number of oxime groups is 1. The average molecular weight is 261 g/mol. The number of rotatable bonds is 4. The number of thiophene rings is 1. The molecule has 1 aromatic carbocycles. The molecule has 0 aliphatic heterocycles. The van der Waals surface area contributed by atoms with Crippen molar-refractivity contribution < 1.29 is 5.21 Å². The van der Waals surface area contributed by atoms with Crippen molar-refractivity contribution in [3.63, 3.8) is 0 Å². The van der Waals surface area contributed by atoms with Crippen LogP contribution in [0.25, 0.3) is 0 Å². The molecule has 5 heteroatoms. The number of hydrogen-bond donors (Lipinski definition) is 2. The normalized spacial score (nSPS) is 11.5. The molecule has 0 aliphatic carbocycles. The zero-order valence-electron chi connectivity index (χ0n) is 10.1. The molecule has 0 aliphatic rings. The second-order valence-corrected chi connectivity index (χ2v) is 5.00. The molecule has 0 fully saturated rings. The van der Waals surface area contributed by atoms with Gasteiger partial charge in [-0.25, -0.2) is 0 Å². The summed E-state index contributed by atoms with van der Waals surface area (Å²) in [5.74, 6) is 0.126. The van der Waals surface area contributed by atoms with Gasteiger partial charge in [0, 0.05) is 23.2 Å². The van der Waals surface area contributed by atoms with Crippen LogP contribution in [0.4, 0.5) is 5.69 Å². The van der Waals surface area contributed by atoms with E-state index in [0.717, 1.165) is 12.2 Å². The predicted octanol–water partition coefficient (Wildman–Crippen LogP) is 2.48. The first-order chi connectivity index (χ1) is 8.70. The Morgan fingerprint density at radius 2 is 2.22 bits per heavy atom. The highest BCUT2D eigenvalue weighted by Crippen LogP contribution is 2.19. The Morgan fingerprint density at radius 1 is 1.39 bits per heavy atom. The summed E-state index contributed by atoms with van der Waals surface area (Å²) in [4.78, 5) is 3.42. The van der Waals surface area contributed by atoms with Crippen LogP contribution < -0.4 is 10.6 Å². The van der Waals surface area contributed by atoms with Crippen molar-refractivity contribution in [3.05, 3.63) is 52.2 Å². The fourth-order valence-corrected chi connectivity index (χ4v) is 2.45. The summed E-state index contributed by atoms with van der Waals surface area (Å²) in [6.07, 6.45) is 0. The van der Waals surface area contributed by atoms with E-state index < -0.39 is 0 Å². The third-order valence-electron chi connectivity index (χ3n) is 2.66. The minimum absolute atomic E-state index is 0.126. The fourth-order valence-electron chi connectivity index (χ4n) is 1.69. The van der Waals surface area contributed by atoms with E-state index in [1.807, 2.05) is 37.4 Å². The lowest BCUT2D eigenvalue weighted by atomic mass is 10.1. The van der Waals surface area contributed by atoms with Crippen LogP contribution in [0.2, 0.25) is 0 Å². The monoisotopic (exact) mass is 261 g/mol. The van der Waals surface area contributed by atoms with Gasteiger partial charge >= 0.3 is 0 Å². The largest absolute Gasteiger partial charge is 0.409 e. The fraction of sp³-hybridized carbons (Fsp3) is 0.154. The Kier molecular flexibility index (Phi) is 3.84. The van der Waals surface area contributed by atoms with Gasteiger partial charge in [-0.1, -0.05) is 23.4 Å². The van der Waals surface area contributed by atoms with E-state index in [9.17, 15) is 0 Å². The van der Waals surface area contributed by atoms with Crippen molar-refractivity contribution in [1.29, 1.82) is 0 Å². The highest BCUT2D eigenvalue weighted by molar-refractivity contribution is 7.09. The second kappa shape index (κ2) is 5.55. The maximum atomic E-state index is 8.68. The van der Waals surface area contributed by atoms with Gasteiger partial charge < -0.3 is 15.8 Å². The van der Waals surface area contributed by atoms with Gasteiger partial charge in [0.15, 0.2) is 5.84 Å². The molecule has 0 radical (unpaired) electrons. The van der Waals surface area contributed by atoms with Crippen molar-refractivity contribution in [2.75, 3.05) is 11.9 Å². The zero-order valence-corrected chi connectivity index (χ0v) is 10.9. The van der Waals surface area contributed by atoms with Crippen LogP contribution in [-0.4, -0.2) is 18.1 Å². The SMILES string of the molecule is CN(Cc1cccs1)c1cccc(C(N)=NO)c1. The van der Waals surface area contributed by atoms with Crippen LogP contribution in [0.15, 0.2) is 46.9 Å². The molecule has 1 aromatic heterocycles. The zero-order chi connectivity index (χ0) is 13.0. The maximum Gasteiger partial charge on any atom is 0.170 e. The molecule has 0 amide bonds. The molecule has 0 saturated heterocycles. The van der Waals surface area contributed by atoms with Gasteiger partial charge in [0.05, 0.1) is 6.54 Å². The van der Waals surface area contributed by atoms with E-state index in [4.69, 9.17) is 10.9 Å². The lowest BCUT2D eigenvalue weighted by molar-refractivity contribution is 0.318. The number of nitrogens with two attached hydrogens (primary N) is 1. The Labute approximate surface area is 110 Å². The molecule has 4 nitrogen and oxygen atoms in total. The lowest BCUT2D eigenvalue weighted by Gasteiger charge is -2.19. The van der Waals surface area contributed by atoms with Crippen molar-refractivity contribution in [3.8, 4) is 0 Å². The van der Waals surface area contributed by atoms with Crippen LogP contribution in [0.3, 0.4) is 0 Å². The summed E-state index contributed by atoms with van der Waals surface area (Å²) >= 11 is 1.73. The minimum Gasteiger partial charge on any atom is -0.409 e. The van der Waals surface area contributed by atoms with Crippen LogP contribution in [-0.2, 0) is 6.54 Å². The molecule has 0 saturated carbocycles.